The van der Waals surface area contributed by atoms with Crippen LogP contribution in [0.5, 0.6) is 0 Å². The van der Waals surface area contributed by atoms with Gasteiger partial charge in [-0.1, -0.05) is 26.2 Å². The lowest BCUT2D eigenvalue weighted by atomic mass is 10.2. The zero-order chi connectivity index (χ0) is 13.4. The number of aromatic nitrogens is 2. The van der Waals surface area contributed by atoms with Gasteiger partial charge in [-0.15, -0.1) is 0 Å². The van der Waals surface area contributed by atoms with Gasteiger partial charge in [0.25, 0.3) is 5.56 Å². The first-order valence-electron chi connectivity index (χ1n) is 6.91. The van der Waals surface area contributed by atoms with Crippen molar-refractivity contribution in [2.45, 2.75) is 53.0 Å². The molecule has 0 amide bonds. The summed E-state index contributed by atoms with van der Waals surface area (Å²) >= 11 is 0. The Morgan fingerprint density at radius 3 is 2.67 bits per heavy atom. The van der Waals surface area contributed by atoms with E-state index in [1.807, 2.05) is 13.8 Å². The van der Waals surface area contributed by atoms with E-state index in [1.54, 1.807) is 10.6 Å². The standard InChI is InChI=1S/C14H25N3O/c1-4-5-6-7-8-15-9-10-17-13(3)16-12(2)11-14(17)18/h11,15H,4-10H2,1-3H3. The summed E-state index contributed by atoms with van der Waals surface area (Å²) in [5.74, 6) is 0.799. The van der Waals surface area contributed by atoms with E-state index in [1.165, 1.54) is 25.7 Å². The normalized spacial score (nSPS) is 10.8. The van der Waals surface area contributed by atoms with Crippen LogP contribution >= 0.6 is 0 Å². The second kappa shape index (κ2) is 8.03. The van der Waals surface area contributed by atoms with Crippen LogP contribution in [-0.4, -0.2) is 22.6 Å². The molecule has 0 spiro atoms. The van der Waals surface area contributed by atoms with Crippen LogP contribution in [0.15, 0.2) is 10.9 Å². The molecule has 4 heteroatoms. The largest absolute Gasteiger partial charge is 0.315 e. The fourth-order valence-electron chi connectivity index (χ4n) is 2.03. The monoisotopic (exact) mass is 251 g/mol. The van der Waals surface area contributed by atoms with E-state index in [-0.39, 0.29) is 5.56 Å². The maximum atomic E-state index is 11.8. The predicted molar refractivity (Wildman–Crippen MR) is 75.0 cm³/mol. The average molecular weight is 251 g/mol. The van der Waals surface area contributed by atoms with Crippen LogP contribution in [0.25, 0.3) is 0 Å². The van der Waals surface area contributed by atoms with Crippen LogP contribution in [0.2, 0.25) is 0 Å². The molecule has 0 saturated heterocycles. The molecule has 18 heavy (non-hydrogen) atoms. The van der Waals surface area contributed by atoms with Gasteiger partial charge < -0.3 is 5.32 Å². The van der Waals surface area contributed by atoms with Crippen molar-refractivity contribution >= 4 is 0 Å². The summed E-state index contributed by atoms with van der Waals surface area (Å²) in [5, 5.41) is 3.37. The highest BCUT2D eigenvalue weighted by atomic mass is 16.1. The summed E-state index contributed by atoms with van der Waals surface area (Å²) < 4.78 is 1.73. The topological polar surface area (TPSA) is 46.9 Å². The van der Waals surface area contributed by atoms with Crippen molar-refractivity contribution in [2.24, 2.45) is 0 Å². The van der Waals surface area contributed by atoms with Crippen molar-refractivity contribution in [1.29, 1.82) is 0 Å². The maximum Gasteiger partial charge on any atom is 0.253 e. The van der Waals surface area contributed by atoms with E-state index >= 15 is 0 Å². The van der Waals surface area contributed by atoms with Gasteiger partial charge in [0.15, 0.2) is 0 Å². The molecule has 0 fully saturated rings. The highest BCUT2D eigenvalue weighted by molar-refractivity contribution is 5.01. The van der Waals surface area contributed by atoms with E-state index in [0.717, 1.165) is 24.6 Å². The molecule has 0 aliphatic carbocycles. The summed E-state index contributed by atoms with van der Waals surface area (Å²) in [5.41, 5.74) is 0.842. The van der Waals surface area contributed by atoms with E-state index < -0.39 is 0 Å². The number of aryl methyl sites for hydroxylation is 2. The second-order valence-corrected chi connectivity index (χ2v) is 4.75. The number of rotatable bonds is 8. The minimum absolute atomic E-state index is 0.0489. The fraction of sp³-hybridized carbons (Fsp3) is 0.714. The van der Waals surface area contributed by atoms with Crippen LogP contribution in [0.3, 0.4) is 0 Å². The molecule has 0 bridgehead atoms. The molecular weight excluding hydrogens is 226 g/mol. The van der Waals surface area contributed by atoms with Crippen molar-refractivity contribution in [3.63, 3.8) is 0 Å². The Morgan fingerprint density at radius 1 is 1.22 bits per heavy atom. The lowest BCUT2D eigenvalue weighted by Crippen LogP contribution is -2.29. The Labute approximate surface area is 109 Å². The van der Waals surface area contributed by atoms with E-state index in [0.29, 0.717) is 6.54 Å². The summed E-state index contributed by atoms with van der Waals surface area (Å²) in [6.07, 6.45) is 5.08. The first kappa shape index (κ1) is 14.9. The Balaban J connectivity index is 2.30. The maximum absolute atomic E-state index is 11.8. The van der Waals surface area contributed by atoms with Gasteiger partial charge in [0.05, 0.1) is 0 Å². The first-order valence-corrected chi connectivity index (χ1v) is 6.91. The number of nitrogens with zero attached hydrogens (tertiary/aromatic N) is 2. The summed E-state index contributed by atoms with van der Waals surface area (Å²) in [4.78, 5) is 16.1. The van der Waals surface area contributed by atoms with Crippen molar-refractivity contribution < 1.29 is 0 Å². The molecule has 1 rings (SSSR count). The molecule has 102 valence electrons. The van der Waals surface area contributed by atoms with Gasteiger partial charge >= 0.3 is 0 Å². The highest BCUT2D eigenvalue weighted by Crippen LogP contribution is 1.97. The van der Waals surface area contributed by atoms with Gasteiger partial charge in [-0.2, -0.15) is 0 Å². The molecule has 0 radical (unpaired) electrons. The third kappa shape index (κ3) is 5.00. The van der Waals surface area contributed by atoms with Crippen LogP contribution in [-0.2, 0) is 6.54 Å². The van der Waals surface area contributed by atoms with Gasteiger partial charge in [0.1, 0.15) is 5.82 Å². The number of hydrogen-bond acceptors (Lipinski definition) is 3. The zero-order valence-electron chi connectivity index (χ0n) is 11.8. The van der Waals surface area contributed by atoms with Gasteiger partial charge in [-0.3, -0.25) is 9.36 Å². The van der Waals surface area contributed by atoms with Crippen LogP contribution in [0, 0.1) is 13.8 Å². The minimum atomic E-state index is 0.0489. The SMILES string of the molecule is CCCCCCNCCn1c(C)nc(C)cc1=O. The Kier molecular flexibility index (Phi) is 6.65. The Bertz CT molecular complexity index is 412. The average Bonchev–Trinajstić information content (AvgIpc) is 2.30. The molecule has 1 aromatic rings. The predicted octanol–water partition coefficient (Wildman–Crippen LogP) is 2.03. The van der Waals surface area contributed by atoms with Crippen molar-refractivity contribution in [1.82, 2.24) is 14.9 Å². The number of unbranched alkanes of at least 4 members (excludes halogenated alkanes) is 3. The Hall–Kier alpha value is -1.16. The summed E-state index contributed by atoms with van der Waals surface area (Å²) in [6.45, 7) is 8.52. The molecular formula is C14H25N3O. The summed E-state index contributed by atoms with van der Waals surface area (Å²) in [7, 11) is 0. The van der Waals surface area contributed by atoms with Crippen molar-refractivity contribution in [3.8, 4) is 0 Å². The van der Waals surface area contributed by atoms with Crippen molar-refractivity contribution in [2.75, 3.05) is 13.1 Å². The molecule has 0 aliphatic rings. The molecule has 1 heterocycles. The van der Waals surface area contributed by atoms with E-state index in [4.69, 9.17) is 0 Å². The molecule has 0 saturated carbocycles. The lowest BCUT2D eigenvalue weighted by molar-refractivity contribution is 0.542. The van der Waals surface area contributed by atoms with Crippen LogP contribution < -0.4 is 10.9 Å². The molecule has 1 aromatic heterocycles. The molecule has 0 aliphatic heterocycles. The number of hydrogen-bond donors (Lipinski definition) is 1. The van der Waals surface area contributed by atoms with Crippen molar-refractivity contribution in [3.05, 3.63) is 27.9 Å². The third-order valence-electron chi connectivity index (χ3n) is 3.05. The summed E-state index contributed by atoms with van der Waals surface area (Å²) in [6, 6.07) is 1.59. The number of nitrogens with one attached hydrogen (secondary N) is 1. The quantitative estimate of drug-likeness (QED) is 0.719. The van der Waals surface area contributed by atoms with E-state index in [9.17, 15) is 4.79 Å². The molecule has 4 nitrogen and oxygen atoms in total. The third-order valence-corrected chi connectivity index (χ3v) is 3.05. The Morgan fingerprint density at radius 2 is 2.00 bits per heavy atom. The second-order valence-electron chi connectivity index (χ2n) is 4.75. The van der Waals surface area contributed by atoms with Crippen LogP contribution in [0.1, 0.15) is 44.1 Å². The molecule has 0 aromatic carbocycles. The van der Waals surface area contributed by atoms with Crippen LogP contribution in [0.4, 0.5) is 0 Å². The van der Waals surface area contributed by atoms with Gasteiger partial charge in [0.2, 0.25) is 0 Å². The first-order chi connectivity index (χ1) is 8.65. The van der Waals surface area contributed by atoms with Gasteiger partial charge in [-0.05, 0) is 26.8 Å². The lowest BCUT2D eigenvalue weighted by Gasteiger charge is -2.10. The highest BCUT2D eigenvalue weighted by Gasteiger charge is 2.01. The van der Waals surface area contributed by atoms with E-state index in [2.05, 4.69) is 17.2 Å². The smallest absolute Gasteiger partial charge is 0.253 e. The fourth-order valence-corrected chi connectivity index (χ4v) is 2.03. The minimum Gasteiger partial charge on any atom is -0.315 e. The molecule has 0 unspecified atom stereocenters. The van der Waals surface area contributed by atoms with Gasteiger partial charge in [-0.25, -0.2) is 4.98 Å². The molecule has 0 atom stereocenters. The molecule has 1 N–H and O–H groups in total. The van der Waals surface area contributed by atoms with Gasteiger partial charge in [0, 0.05) is 24.8 Å². The zero-order valence-corrected chi connectivity index (χ0v) is 11.8.